The lowest BCUT2D eigenvalue weighted by atomic mass is 9.93. The predicted octanol–water partition coefficient (Wildman–Crippen LogP) is 1.98. The fourth-order valence-electron chi connectivity index (χ4n) is 1.41. The van der Waals surface area contributed by atoms with Crippen LogP contribution in [0.5, 0.6) is 5.75 Å². The van der Waals surface area contributed by atoms with E-state index in [1.165, 1.54) is 6.07 Å². The third kappa shape index (κ3) is 1.56. The Balaban J connectivity index is 2.42. The molecular formula is C9H9BrFNO. The lowest BCUT2D eigenvalue weighted by Gasteiger charge is -2.28. The van der Waals surface area contributed by atoms with Crippen LogP contribution in [0.4, 0.5) is 4.39 Å². The maximum Gasteiger partial charge on any atom is 0.166 e. The van der Waals surface area contributed by atoms with Gasteiger partial charge in [0.2, 0.25) is 0 Å². The Morgan fingerprint density at radius 2 is 2.15 bits per heavy atom. The zero-order valence-electron chi connectivity index (χ0n) is 6.85. The topological polar surface area (TPSA) is 32.3 Å². The van der Waals surface area contributed by atoms with Crippen molar-refractivity contribution < 1.29 is 9.50 Å². The molecule has 2 nitrogen and oxygen atoms in total. The molecule has 0 bridgehead atoms. The molecule has 1 aromatic rings. The van der Waals surface area contributed by atoms with E-state index >= 15 is 0 Å². The van der Waals surface area contributed by atoms with Crippen molar-refractivity contribution in [2.24, 2.45) is 0 Å². The van der Waals surface area contributed by atoms with Crippen molar-refractivity contribution in [2.75, 3.05) is 13.1 Å². The molecule has 0 amide bonds. The zero-order chi connectivity index (χ0) is 9.42. The molecule has 2 N–H and O–H groups in total. The number of halogens is 2. The second-order valence-corrected chi connectivity index (χ2v) is 4.10. The minimum absolute atomic E-state index is 0.213. The highest BCUT2D eigenvalue weighted by Crippen LogP contribution is 2.33. The second kappa shape index (κ2) is 3.27. The molecule has 0 aliphatic carbocycles. The lowest BCUT2D eigenvalue weighted by Crippen LogP contribution is -2.39. The third-order valence-corrected chi connectivity index (χ3v) is 2.74. The summed E-state index contributed by atoms with van der Waals surface area (Å²) in [6.45, 7) is 1.62. The fraction of sp³-hybridized carbons (Fsp3) is 0.333. The summed E-state index contributed by atoms with van der Waals surface area (Å²) in [7, 11) is 0. The minimum atomic E-state index is -0.559. The van der Waals surface area contributed by atoms with E-state index in [-0.39, 0.29) is 11.7 Å². The number of hydrogen-bond donors (Lipinski definition) is 2. The highest BCUT2D eigenvalue weighted by atomic mass is 79.9. The number of benzene rings is 1. The van der Waals surface area contributed by atoms with Crippen LogP contribution in [0.25, 0.3) is 0 Å². The molecule has 1 aromatic carbocycles. The van der Waals surface area contributed by atoms with Gasteiger partial charge in [-0.3, -0.25) is 0 Å². The van der Waals surface area contributed by atoms with Crippen molar-refractivity contribution >= 4 is 15.9 Å². The van der Waals surface area contributed by atoms with Gasteiger partial charge in [-0.2, -0.15) is 0 Å². The Kier molecular flexibility index (Phi) is 2.26. The molecule has 0 spiro atoms. The molecule has 4 heteroatoms. The molecule has 2 rings (SSSR count). The predicted molar refractivity (Wildman–Crippen MR) is 51.4 cm³/mol. The van der Waals surface area contributed by atoms with Crippen molar-refractivity contribution in [3.63, 3.8) is 0 Å². The molecular weight excluding hydrogens is 237 g/mol. The number of phenols is 1. The van der Waals surface area contributed by atoms with Crippen LogP contribution >= 0.6 is 15.9 Å². The van der Waals surface area contributed by atoms with Crippen molar-refractivity contribution in [2.45, 2.75) is 5.92 Å². The van der Waals surface area contributed by atoms with E-state index in [1.807, 2.05) is 0 Å². The van der Waals surface area contributed by atoms with Gasteiger partial charge in [-0.15, -0.1) is 0 Å². The zero-order valence-corrected chi connectivity index (χ0v) is 8.44. The van der Waals surface area contributed by atoms with Gasteiger partial charge in [0.1, 0.15) is 0 Å². The van der Waals surface area contributed by atoms with Crippen LogP contribution < -0.4 is 5.32 Å². The number of nitrogens with one attached hydrogen (secondary N) is 1. The Labute approximate surface area is 83.9 Å². The van der Waals surface area contributed by atoms with E-state index in [9.17, 15) is 9.50 Å². The molecule has 13 heavy (non-hydrogen) atoms. The number of hydrogen-bond acceptors (Lipinski definition) is 2. The van der Waals surface area contributed by atoms with E-state index in [1.54, 1.807) is 6.07 Å². The monoisotopic (exact) mass is 245 g/mol. The van der Waals surface area contributed by atoms with Gasteiger partial charge < -0.3 is 10.4 Å². The molecule has 0 atom stereocenters. The van der Waals surface area contributed by atoms with Crippen LogP contribution in [0.15, 0.2) is 16.6 Å². The summed E-state index contributed by atoms with van der Waals surface area (Å²) in [6, 6.07) is 3.04. The summed E-state index contributed by atoms with van der Waals surface area (Å²) >= 11 is 3.20. The smallest absolute Gasteiger partial charge is 0.166 e. The SMILES string of the molecule is Oc1c(F)cc(Br)cc1C1CNC1. The van der Waals surface area contributed by atoms with Gasteiger partial charge in [-0.1, -0.05) is 15.9 Å². The first-order valence-corrected chi connectivity index (χ1v) is 4.86. The summed E-state index contributed by atoms with van der Waals surface area (Å²) in [4.78, 5) is 0. The molecule has 1 aliphatic heterocycles. The summed E-state index contributed by atoms with van der Waals surface area (Å²) < 4.78 is 13.7. The molecule has 0 radical (unpaired) electrons. The normalized spacial score (nSPS) is 17.1. The standard InChI is InChI=1S/C9H9BrFNO/c10-6-1-7(5-3-12-4-5)9(13)8(11)2-6/h1-2,5,12-13H,3-4H2. The highest BCUT2D eigenvalue weighted by Gasteiger charge is 2.23. The van der Waals surface area contributed by atoms with Crippen molar-refractivity contribution in [1.29, 1.82) is 0 Å². The molecule has 0 aromatic heterocycles. The Morgan fingerprint density at radius 3 is 2.69 bits per heavy atom. The summed E-state index contributed by atoms with van der Waals surface area (Å²) in [5.74, 6) is -0.530. The Bertz CT molecular complexity index is 339. The average molecular weight is 246 g/mol. The molecule has 1 fully saturated rings. The van der Waals surface area contributed by atoms with Gasteiger partial charge in [-0.05, 0) is 12.1 Å². The van der Waals surface area contributed by atoms with Crippen LogP contribution in [0, 0.1) is 5.82 Å². The molecule has 1 saturated heterocycles. The molecule has 1 heterocycles. The van der Waals surface area contributed by atoms with E-state index < -0.39 is 5.82 Å². The summed E-state index contributed by atoms with van der Waals surface area (Å²) in [5.41, 5.74) is 0.686. The van der Waals surface area contributed by atoms with E-state index in [4.69, 9.17) is 0 Å². The van der Waals surface area contributed by atoms with Crippen molar-refractivity contribution in [1.82, 2.24) is 5.32 Å². The second-order valence-electron chi connectivity index (χ2n) is 3.18. The van der Waals surface area contributed by atoms with E-state index in [0.717, 1.165) is 13.1 Å². The Morgan fingerprint density at radius 1 is 1.46 bits per heavy atom. The lowest BCUT2D eigenvalue weighted by molar-refractivity contribution is 0.392. The third-order valence-electron chi connectivity index (χ3n) is 2.28. The van der Waals surface area contributed by atoms with Crippen LogP contribution in [0.3, 0.4) is 0 Å². The van der Waals surface area contributed by atoms with Gasteiger partial charge in [0.05, 0.1) is 0 Å². The largest absolute Gasteiger partial charge is 0.505 e. The van der Waals surface area contributed by atoms with E-state index in [2.05, 4.69) is 21.2 Å². The minimum Gasteiger partial charge on any atom is -0.505 e. The molecule has 70 valence electrons. The average Bonchev–Trinajstić information content (AvgIpc) is 1.95. The first kappa shape index (κ1) is 8.97. The molecule has 1 aliphatic rings. The van der Waals surface area contributed by atoms with Gasteiger partial charge in [0.25, 0.3) is 0 Å². The maximum absolute atomic E-state index is 13.1. The number of aromatic hydroxyl groups is 1. The highest BCUT2D eigenvalue weighted by molar-refractivity contribution is 9.10. The van der Waals surface area contributed by atoms with Gasteiger partial charge in [-0.25, -0.2) is 4.39 Å². The molecule has 0 saturated carbocycles. The Hall–Kier alpha value is -0.610. The maximum atomic E-state index is 13.1. The summed E-state index contributed by atoms with van der Waals surface area (Å²) in [5, 5.41) is 12.5. The van der Waals surface area contributed by atoms with Crippen molar-refractivity contribution in [3.8, 4) is 5.75 Å². The first-order valence-electron chi connectivity index (χ1n) is 4.07. The number of phenolic OH excluding ortho intramolecular Hbond substituents is 1. The van der Waals surface area contributed by atoms with Gasteiger partial charge in [0, 0.05) is 29.0 Å². The van der Waals surface area contributed by atoms with Gasteiger partial charge >= 0.3 is 0 Å². The van der Waals surface area contributed by atoms with Gasteiger partial charge in [0.15, 0.2) is 11.6 Å². The quantitative estimate of drug-likeness (QED) is 0.794. The van der Waals surface area contributed by atoms with Crippen LogP contribution in [-0.2, 0) is 0 Å². The summed E-state index contributed by atoms with van der Waals surface area (Å²) in [6.07, 6.45) is 0. The van der Waals surface area contributed by atoms with Crippen LogP contribution in [0.2, 0.25) is 0 Å². The first-order chi connectivity index (χ1) is 6.18. The van der Waals surface area contributed by atoms with Crippen LogP contribution in [-0.4, -0.2) is 18.2 Å². The van der Waals surface area contributed by atoms with E-state index in [0.29, 0.717) is 10.0 Å². The number of rotatable bonds is 1. The van der Waals surface area contributed by atoms with Crippen molar-refractivity contribution in [3.05, 3.63) is 28.0 Å². The fourth-order valence-corrected chi connectivity index (χ4v) is 1.85. The van der Waals surface area contributed by atoms with Crippen LogP contribution in [0.1, 0.15) is 11.5 Å². The molecule has 0 unspecified atom stereocenters.